The van der Waals surface area contributed by atoms with Crippen molar-refractivity contribution in [3.63, 3.8) is 0 Å². The Labute approximate surface area is 166 Å². The van der Waals surface area contributed by atoms with E-state index in [2.05, 4.69) is 5.10 Å². The third kappa shape index (κ3) is 5.93. The number of halogens is 4. The summed E-state index contributed by atoms with van der Waals surface area (Å²) in [6.45, 7) is 1.49. The molecular weight excluding hydrogens is 421 g/mol. The summed E-state index contributed by atoms with van der Waals surface area (Å²) in [5.41, 5.74) is 0.675. The summed E-state index contributed by atoms with van der Waals surface area (Å²) in [5.74, 6) is -1.99. The minimum Gasteiger partial charge on any atom is -0.619 e. The van der Waals surface area contributed by atoms with Crippen LogP contribution in [0.5, 0.6) is 0 Å². The number of carbonyl (C=O) groups is 1. The molecule has 0 aliphatic rings. The highest BCUT2D eigenvalue weighted by Gasteiger charge is 2.29. The van der Waals surface area contributed by atoms with Crippen molar-refractivity contribution in [2.75, 3.05) is 23.5 Å². The zero-order valence-corrected chi connectivity index (χ0v) is 16.6. The van der Waals surface area contributed by atoms with Gasteiger partial charge in [0.25, 0.3) is 0 Å². The summed E-state index contributed by atoms with van der Waals surface area (Å²) < 4.78 is 50.4. The maximum Gasteiger partial charge on any atom is 0.390 e. The molecule has 2 heterocycles. The zero-order chi connectivity index (χ0) is 21.1. The molecule has 0 saturated carbocycles. The van der Waals surface area contributed by atoms with Crippen molar-refractivity contribution in [2.24, 2.45) is 5.92 Å². The molecule has 2 aromatic rings. The van der Waals surface area contributed by atoms with E-state index < -0.39 is 41.0 Å². The Hall–Kier alpha value is -2.14. The molecule has 0 bridgehead atoms. The molecule has 7 nitrogen and oxygen atoms in total. The molecule has 0 N–H and O–H groups in total. The number of pyridine rings is 1. The number of amides is 1. The van der Waals surface area contributed by atoms with Crippen molar-refractivity contribution in [2.45, 2.75) is 19.5 Å². The average Bonchev–Trinajstić information content (AvgIpc) is 3.00. The lowest BCUT2D eigenvalue weighted by Gasteiger charge is -2.20. The Morgan fingerprint density at radius 2 is 2.18 bits per heavy atom. The van der Waals surface area contributed by atoms with Crippen molar-refractivity contribution >= 4 is 34.0 Å². The molecule has 12 heteroatoms. The summed E-state index contributed by atoms with van der Waals surface area (Å²) >= 11 is 6.09. The normalized spacial score (nSPS) is 13.9. The Bertz CT molecular complexity index is 875. The predicted octanol–water partition coefficient (Wildman–Crippen LogP) is 2.46. The highest BCUT2D eigenvalue weighted by Crippen LogP contribution is 2.26. The van der Waals surface area contributed by atoms with Gasteiger partial charge in [-0.2, -0.15) is 23.0 Å². The van der Waals surface area contributed by atoms with Crippen LogP contribution in [0.25, 0.3) is 5.69 Å². The Kier molecular flexibility index (Phi) is 7.05. The van der Waals surface area contributed by atoms with Crippen LogP contribution in [-0.4, -0.2) is 44.6 Å². The van der Waals surface area contributed by atoms with Crippen molar-refractivity contribution in [1.82, 2.24) is 9.78 Å². The maximum atomic E-state index is 12.6. The van der Waals surface area contributed by atoms with Gasteiger partial charge in [0.15, 0.2) is 11.3 Å². The summed E-state index contributed by atoms with van der Waals surface area (Å²) in [7, 11) is -0.347. The second kappa shape index (κ2) is 8.91. The topological polar surface area (TPSA) is 82.1 Å². The van der Waals surface area contributed by atoms with Gasteiger partial charge in [0.2, 0.25) is 12.1 Å². The molecule has 28 heavy (non-hydrogen) atoms. The van der Waals surface area contributed by atoms with E-state index in [1.807, 2.05) is 0 Å². The van der Waals surface area contributed by atoms with E-state index in [4.69, 9.17) is 11.6 Å². The lowest BCUT2D eigenvalue weighted by atomic mass is 10.2. The summed E-state index contributed by atoms with van der Waals surface area (Å²) in [5, 5.41) is 15.4. The first kappa shape index (κ1) is 22.2. The van der Waals surface area contributed by atoms with Crippen molar-refractivity contribution in [1.29, 1.82) is 0 Å². The van der Waals surface area contributed by atoms with Gasteiger partial charge in [-0.05, 0) is 6.07 Å². The molecule has 0 saturated heterocycles. The number of rotatable bonds is 7. The van der Waals surface area contributed by atoms with Crippen LogP contribution < -0.4 is 9.63 Å². The summed E-state index contributed by atoms with van der Waals surface area (Å²) in [6, 6.07) is 3.14. The van der Waals surface area contributed by atoms with E-state index in [1.165, 1.54) is 48.2 Å². The highest BCUT2D eigenvalue weighted by molar-refractivity contribution is 7.85. The zero-order valence-electron chi connectivity index (χ0n) is 15.0. The first-order valence-electron chi connectivity index (χ1n) is 8.11. The van der Waals surface area contributed by atoms with Crippen molar-refractivity contribution in [3.05, 3.63) is 41.1 Å². The fourth-order valence-corrected chi connectivity index (χ4v) is 3.97. The summed E-state index contributed by atoms with van der Waals surface area (Å²) in [4.78, 5) is 13.8. The van der Waals surface area contributed by atoms with E-state index in [0.29, 0.717) is 10.4 Å². The van der Waals surface area contributed by atoms with E-state index in [1.54, 1.807) is 6.07 Å². The first-order chi connectivity index (χ1) is 13.0. The molecule has 0 aliphatic heterocycles. The van der Waals surface area contributed by atoms with Gasteiger partial charge >= 0.3 is 6.18 Å². The number of hydrogen-bond acceptors (Lipinski definition) is 4. The fourth-order valence-electron chi connectivity index (χ4n) is 2.39. The monoisotopic (exact) mass is 438 g/mol. The second-order valence-electron chi connectivity index (χ2n) is 6.15. The SMILES string of the molecule is CC(CS(=O)CCC(F)(F)F)C(=O)N(C)c1cn(-c2ccc[n+]([O-])c2)nc1Cl. The molecule has 1 amide bonds. The molecule has 2 unspecified atom stereocenters. The lowest BCUT2D eigenvalue weighted by molar-refractivity contribution is -0.605. The molecule has 2 rings (SSSR count). The van der Waals surface area contributed by atoms with Gasteiger partial charge in [0, 0.05) is 41.3 Å². The first-order valence-corrected chi connectivity index (χ1v) is 9.98. The van der Waals surface area contributed by atoms with E-state index in [0.717, 1.165) is 0 Å². The molecule has 0 aromatic carbocycles. The van der Waals surface area contributed by atoms with Crippen molar-refractivity contribution < 1.29 is 26.9 Å². The molecular formula is C16H18ClF3N4O3S. The van der Waals surface area contributed by atoms with Gasteiger partial charge in [0.05, 0.1) is 12.6 Å². The van der Waals surface area contributed by atoms with Crippen LogP contribution in [0.15, 0.2) is 30.7 Å². The molecule has 0 fully saturated rings. The molecule has 2 atom stereocenters. The lowest BCUT2D eigenvalue weighted by Crippen LogP contribution is -2.34. The van der Waals surface area contributed by atoms with E-state index in [-0.39, 0.29) is 16.6 Å². The smallest absolute Gasteiger partial charge is 0.390 e. The highest BCUT2D eigenvalue weighted by atomic mass is 35.5. The van der Waals surface area contributed by atoms with Crippen LogP contribution >= 0.6 is 11.6 Å². The van der Waals surface area contributed by atoms with Crippen LogP contribution in [0.1, 0.15) is 13.3 Å². The van der Waals surface area contributed by atoms with E-state index in [9.17, 15) is 27.4 Å². The third-order valence-corrected chi connectivity index (χ3v) is 5.64. The molecule has 0 aliphatic carbocycles. The number of anilines is 1. The van der Waals surface area contributed by atoms with Crippen LogP contribution in [0.2, 0.25) is 5.15 Å². The van der Waals surface area contributed by atoms with Gasteiger partial charge in [-0.3, -0.25) is 9.00 Å². The molecule has 154 valence electrons. The number of carbonyl (C=O) groups excluding carboxylic acids is 1. The third-order valence-electron chi connectivity index (χ3n) is 3.84. The van der Waals surface area contributed by atoms with Gasteiger partial charge in [-0.25, -0.2) is 4.68 Å². The van der Waals surface area contributed by atoms with Gasteiger partial charge in [-0.1, -0.05) is 18.5 Å². The quantitative estimate of drug-likeness (QED) is 0.491. The minimum absolute atomic E-state index is 0.00236. The van der Waals surface area contributed by atoms with Gasteiger partial charge in [-0.15, -0.1) is 0 Å². The van der Waals surface area contributed by atoms with Crippen molar-refractivity contribution in [3.8, 4) is 5.69 Å². The standard InChI is InChI=1S/C16H18ClF3N4O3S/c1-11(10-28(27)7-5-16(18,19)20)15(25)22(2)13-9-24(21-14(13)17)12-4-3-6-23(26)8-12/h3-4,6,8-9,11H,5,7,10H2,1-2H3. The molecule has 0 radical (unpaired) electrons. The van der Waals surface area contributed by atoms with E-state index >= 15 is 0 Å². The number of alkyl halides is 3. The van der Waals surface area contributed by atoms with Crippen LogP contribution in [-0.2, 0) is 15.6 Å². The average molecular weight is 439 g/mol. The number of aromatic nitrogens is 3. The van der Waals surface area contributed by atoms with Crippen LogP contribution in [0.3, 0.4) is 0 Å². The van der Waals surface area contributed by atoms with Gasteiger partial charge < -0.3 is 10.1 Å². The van der Waals surface area contributed by atoms with Crippen LogP contribution in [0.4, 0.5) is 18.9 Å². The fraction of sp³-hybridized carbons (Fsp3) is 0.438. The second-order valence-corrected chi connectivity index (χ2v) is 8.13. The molecule has 0 spiro atoms. The molecule has 2 aromatic heterocycles. The Balaban J connectivity index is 2.07. The number of hydrogen-bond donors (Lipinski definition) is 0. The maximum absolute atomic E-state index is 12.6. The number of nitrogens with zero attached hydrogens (tertiary/aromatic N) is 4. The Morgan fingerprint density at radius 3 is 2.79 bits per heavy atom. The largest absolute Gasteiger partial charge is 0.619 e. The Morgan fingerprint density at radius 1 is 1.50 bits per heavy atom. The predicted molar refractivity (Wildman–Crippen MR) is 98.7 cm³/mol. The van der Waals surface area contributed by atoms with Crippen LogP contribution in [0, 0.1) is 11.1 Å². The minimum atomic E-state index is -4.39. The summed E-state index contributed by atoms with van der Waals surface area (Å²) in [6.07, 6.45) is -1.54. The van der Waals surface area contributed by atoms with Gasteiger partial charge in [0.1, 0.15) is 11.4 Å².